The third-order valence-corrected chi connectivity index (χ3v) is 9.63. The summed E-state index contributed by atoms with van der Waals surface area (Å²) in [5.74, 6) is -0.222. The molecule has 3 rings (SSSR count). The van der Waals surface area contributed by atoms with Gasteiger partial charge in [-0.1, -0.05) is 56.5 Å². The molecule has 2 aromatic carbocycles. The number of benzene rings is 2. The first kappa shape index (κ1) is 25.6. The second kappa shape index (κ2) is 10.5. The molecule has 1 saturated carbocycles. The van der Waals surface area contributed by atoms with E-state index in [0.29, 0.717) is 27.7 Å². The van der Waals surface area contributed by atoms with E-state index in [4.69, 9.17) is 27.7 Å². The van der Waals surface area contributed by atoms with E-state index < -0.39 is 13.2 Å². The van der Waals surface area contributed by atoms with Crippen LogP contribution in [0.15, 0.2) is 42.5 Å². The minimum atomic E-state index is -3.74. The standard InChI is InChI=1S/C25H34Cl2NO3P/c1-16(2)21-12-6-17(3)14-24(21)31-32(30,20-10-8-19(9-11-20)28(4)5)25(29)22-13-7-18(26)15-23(22)27/h7-11,13,15-17,21,24-25,29H,6,12,14H2,1-5H3/t17-,21-,24-,25-,32-/m1/s1. The van der Waals surface area contributed by atoms with Crippen LogP contribution in [-0.2, 0) is 9.09 Å². The minimum absolute atomic E-state index is 0.196. The molecule has 0 spiro atoms. The van der Waals surface area contributed by atoms with Gasteiger partial charge in [0.2, 0.25) is 0 Å². The van der Waals surface area contributed by atoms with E-state index in [2.05, 4.69) is 20.8 Å². The van der Waals surface area contributed by atoms with Crippen molar-refractivity contribution in [1.82, 2.24) is 0 Å². The maximum Gasteiger partial charge on any atom is 0.264 e. The summed E-state index contributed by atoms with van der Waals surface area (Å²) in [6.45, 7) is 6.57. The van der Waals surface area contributed by atoms with Crippen LogP contribution in [0.25, 0.3) is 0 Å². The first-order valence-corrected chi connectivity index (χ1v) is 13.7. The van der Waals surface area contributed by atoms with E-state index in [9.17, 15) is 9.67 Å². The number of rotatable bonds is 7. The van der Waals surface area contributed by atoms with Gasteiger partial charge < -0.3 is 14.5 Å². The van der Waals surface area contributed by atoms with Crippen molar-refractivity contribution in [2.45, 2.75) is 52.0 Å². The summed E-state index contributed by atoms with van der Waals surface area (Å²) in [6.07, 6.45) is 2.79. The van der Waals surface area contributed by atoms with Crippen molar-refractivity contribution >= 4 is 41.6 Å². The zero-order chi connectivity index (χ0) is 23.6. The van der Waals surface area contributed by atoms with E-state index in [0.717, 1.165) is 24.9 Å². The fourth-order valence-electron chi connectivity index (χ4n) is 4.55. The van der Waals surface area contributed by atoms with Crippen LogP contribution in [0.5, 0.6) is 0 Å². The van der Waals surface area contributed by atoms with Crippen molar-refractivity contribution < 1.29 is 14.2 Å². The fourth-order valence-corrected chi connectivity index (χ4v) is 7.46. The number of aliphatic hydroxyl groups excluding tert-OH is 1. The van der Waals surface area contributed by atoms with E-state index in [1.54, 1.807) is 30.3 Å². The molecule has 7 heteroatoms. The number of hydrogen-bond donors (Lipinski definition) is 1. The lowest BCUT2D eigenvalue weighted by molar-refractivity contribution is 0.0427. The average Bonchev–Trinajstić information content (AvgIpc) is 2.73. The van der Waals surface area contributed by atoms with Crippen LogP contribution in [0.1, 0.15) is 51.4 Å². The Kier molecular flexibility index (Phi) is 8.39. The van der Waals surface area contributed by atoms with E-state index in [1.165, 1.54) is 0 Å². The molecule has 0 aromatic heterocycles. The Morgan fingerprint density at radius 1 is 1.09 bits per heavy atom. The predicted molar refractivity (Wildman–Crippen MR) is 136 cm³/mol. The van der Waals surface area contributed by atoms with Crippen molar-refractivity contribution in [2.75, 3.05) is 19.0 Å². The monoisotopic (exact) mass is 497 g/mol. The Labute approximate surface area is 202 Å². The van der Waals surface area contributed by atoms with Gasteiger partial charge in [0.15, 0.2) is 5.85 Å². The fraction of sp³-hybridized carbons (Fsp3) is 0.520. The molecule has 0 radical (unpaired) electrons. The van der Waals surface area contributed by atoms with Gasteiger partial charge in [-0.25, -0.2) is 0 Å². The van der Waals surface area contributed by atoms with Crippen LogP contribution in [0.3, 0.4) is 0 Å². The molecule has 0 unspecified atom stereocenters. The van der Waals surface area contributed by atoms with Crippen molar-refractivity contribution in [3.63, 3.8) is 0 Å². The molecule has 32 heavy (non-hydrogen) atoms. The van der Waals surface area contributed by atoms with Crippen molar-refractivity contribution in [2.24, 2.45) is 17.8 Å². The molecule has 1 fully saturated rings. The smallest absolute Gasteiger partial charge is 0.264 e. The predicted octanol–water partition coefficient (Wildman–Crippen LogP) is 7.13. The van der Waals surface area contributed by atoms with Gasteiger partial charge in [0.25, 0.3) is 7.37 Å². The lowest BCUT2D eigenvalue weighted by Crippen LogP contribution is -2.35. The van der Waals surface area contributed by atoms with Crippen LogP contribution in [0, 0.1) is 17.8 Å². The highest BCUT2D eigenvalue weighted by Crippen LogP contribution is 2.61. The topological polar surface area (TPSA) is 49.8 Å². The van der Waals surface area contributed by atoms with Gasteiger partial charge in [0, 0.05) is 40.7 Å². The van der Waals surface area contributed by atoms with Gasteiger partial charge in [0.1, 0.15) is 0 Å². The van der Waals surface area contributed by atoms with Gasteiger partial charge >= 0.3 is 0 Å². The lowest BCUT2D eigenvalue weighted by Gasteiger charge is -2.40. The Morgan fingerprint density at radius 2 is 1.75 bits per heavy atom. The molecule has 1 aliphatic rings. The summed E-state index contributed by atoms with van der Waals surface area (Å²) in [7, 11) is 0.158. The Balaban J connectivity index is 2.06. The molecule has 0 bridgehead atoms. The summed E-state index contributed by atoms with van der Waals surface area (Å²) in [5.41, 5.74) is 1.34. The Hall–Kier alpha value is -1.03. The quantitative estimate of drug-likeness (QED) is 0.413. The second-order valence-electron chi connectivity index (χ2n) is 9.52. The summed E-state index contributed by atoms with van der Waals surface area (Å²) >= 11 is 12.5. The van der Waals surface area contributed by atoms with Crippen LogP contribution < -0.4 is 10.2 Å². The summed E-state index contributed by atoms with van der Waals surface area (Å²) < 4.78 is 21.1. The number of hydrogen-bond acceptors (Lipinski definition) is 4. The molecule has 176 valence electrons. The zero-order valence-corrected chi connectivity index (χ0v) is 21.9. The largest absolute Gasteiger partial charge is 0.378 e. The normalized spacial score (nSPS) is 24.2. The number of aliphatic hydroxyl groups is 1. The Morgan fingerprint density at radius 3 is 2.31 bits per heavy atom. The van der Waals surface area contributed by atoms with Gasteiger partial charge in [-0.3, -0.25) is 4.57 Å². The molecular formula is C25H34Cl2NO3P. The summed E-state index contributed by atoms with van der Waals surface area (Å²) in [4.78, 5) is 1.97. The van der Waals surface area contributed by atoms with E-state index in [1.807, 2.05) is 31.1 Å². The summed E-state index contributed by atoms with van der Waals surface area (Å²) in [6, 6.07) is 12.2. The van der Waals surface area contributed by atoms with Crippen LogP contribution in [0.2, 0.25) is 10.0 Å². The maximum absolute atomic E-state index is 14.6. The number of halogens is 2. The number of anilines is 1. The van der Waals surface area contributed by atoms with Crippen molar-refractivity contribution in [3.05, 3.63) is 58.1 Å². The maximum atomic E-state index is 14.6. The average molecular weight is 498 g/mol. The number of nitrogens with zero attached hydrogens (tertiary/aromatic N) is 1. The molecule has 1 N–H and O–H groups in total. The molecule has 5 atom stereocenters. The Bertz CT molecular complexity index is 964. The first-order valence-electron chi connectivity index (χ1n) is 11.2. The van der Waals surface area contributed by atoms with E-state index >= 15 is 0 Å². The van der Waals surface area contributed by atoms with Gasteiger partial charge in [0.05, 0.1) is 6.10 Å². The van der Waals surface area contributed by atoms with Crippen LogP contribution >= 0.6 is 30.6 Å². The zero-order valence-electron chi connectivity index (χ0n) is 19.5. The molecule has 2 aromatic rings. The van der Waals surface area contributed by atoms with E-state index in [-0.39, 0.29) is 17.0 Å². The highest BCUT2D eigenvalue weighted by atomic mass is 35.5. The van der Waals surface area contributed by atoms with Gasteiger partial charge in [-0.05, 0) is 67.0 Å². The van der Waals surface area contributed by atoms with Crippen LogP contribution in [-0.4, -0.2) is 25.3 Å². The lowest BCUT2D eigenvalue weighted by atomic mass is 9.75. The summed E-state index contributed by atoms with van der Waals surface area (Å²) in [5, 5.41) is 12.7. The molecule has 0 amide bonds. The van der Waals surface area contributed by atoms with Crippen molar-refractivity contribution in [1.29, 1.82) is 0 Å². The highest BCUT2D eigenvalue weighted by molar-refractivity contribution is 7.67. The van der Waals surface area contributed by atoms with Gasteiger partial charge in [-0.15, -0.1) is 0 Å². The van der Waals surface area contributed by atoms with Gasteiger partial charge in [-0.2, -0.15) is 0 Å². The third kappa shape index (κ3) is 5.54. The third-order valence-electron chi connectivity index (χ3n) is 6.54. The van der Waals surface area contributed by atoms with Crippen LogP contribution in [0.4, 0.5) is 5.69 Å². The molecule has 0 heterocycles. The molecule has 0 saturated heterocycles. The molecular weight excluding hydrogens is 464 g/mol. The molecule has 0 aliphatic heterocycles. The molecule has 4 nitrogen and oxygen atoms in total. The first-order chi connectivity index (χ1) is 15.0. The highest BCUT2D eigenvalue weighted by Gasteiger charge is 2.43. The second-order valence-corrected chi connectivity index (χ2v) is 12.8. The van der Waals surface area contributed by atoms with Crippen molar-refractivity contribution in [3.8, 4) is 0 Å². The SMILES string of the molecule is CC(C)[C@H]1CC[C@@H](C)C[C@H]1O[P@](=O)(c1ccc(N(C)C)cc1)[C@@H](O)c1ccc(Cl)cc1Cl. The minimum Gasteiger partial charge on any atom is -0.378 e. The molecule has 1 aliphatic carbocycles.